The molecule has 4 nitrogen and oxygen atoms in total. The van der Waals surface area contributed by atoms with Gasteiger partial charge in [-0.3, -0.25) is 0 Å². The van der Waals surface area contributed by atoms with Crippen molar-refractivity contribution in [3.05, 3.63) is 77.3 Å². The highest BCUT2D eigenvalue weighted by molar-refractivity contribution is 8.18. The van der Waals surface area contributed by atoms with E-state index >= 15 is 0 Å². The number of benzene rings is 2. The minimum atomic E-state index is -0.395. The first kappa shape index (κ1) is 14.4. The lowest BCUT2D eigenvalue weighted by Crippen LogP contribution is -2.11. The second kappa shape index (κ2) is 6.49. The Morgan fingerprint density at radius 2 is 1.73 bits per heavy atom. The minimum absolute atomic E-state index is 0.395. The van der Waals surface area contributed by atoms with E-state index in [2.05, 4.69) is 5.10 Å². The molecule has 1 heterocycles. The molecule has 2 aromatic rings. The van der Waals surface area contributed by atoms with Crippen LogP contribution in [0.4, 0.5) is 5.69 Å². The van der Waals surface area contributed by atoms with E-state index in [1.807, 2.05) is 60.7 Å². The van der Waals surface area contributed by atoms with Crippen molar-refractivity contribution in [2.75, 3.05) is 12.1 Å². The molecule has 0 saturated carbocycles. The maximum Gasteiger partial charge on any atom is 0.333 e. The maximum absolute atomic E-state index is 11.6. The van der Waals surface area contributed by atoms with E-state index in [9.17, 15) is 4.79 Å². The van der Waals surface area contributed by atoms with E-state index < -0.39 is 5.97 Å². The summed E-state index contributed by atoms with van der Waals surface area (Å²) in [5.41, 5.74) is 1.91. The van der Waals surface area contributed by atoms with Gasteiger partial charge in [0.15, 0.2) is 0 Å². The zero-order valence-electron chi connectivity index (χ0n) is 12.0. The molecular weight excluding hydrogens is 296 g/mol. The van der Waals surface area contributed by atoms with Crippen LogP contribution in [-0.2, 0) is 9.53 Å². The number of anilines is 1. The van der Waals surface area contributed by atoms with Gasteiger partial charge in [0.2, 0.25) is 0 Å². The largest absolute Gasteiger partial charge is 0.466 e. The van der Waals surface area contributed by atoms with Crippen molar-refractivity contribution < 1.29 is 9.53 Å². The normalized spacial score (nSPS) is 15.8. The van der Waals surface area contributed by atoms with Gasteiger partial charge in [0.05, 0.1) is 18.9 Å². The van der Waals surface area contributed by atoms with E-state index in [4.69, 9.17) is 4.74 Å². The molecule has 2 aromatic carbocycles. The molecule has 0 aromatic heterocycles. The predicted octanol–water partition coefficient (Wildman–Crippen LogP) is 3.62. The summed E-state index contributed by atoms with van der Waals surface area (Å²) in [5, 5.41) is 7.95. The number of hydrogen-bond acceptors (Lipinski definition) is 5. The molecule has 0 aliphatic carbocycles. The topological polar surface area (TPSA) is 41.9 Å². The summed E-state index contributed by atoms with van der Waals surface area (Å²) < 4.78 is 4.73. The summed E-state index contributed by atoms with van der Waals surface area (Å²) in [5.74, 6) is -0.395. The van der Waals surface area contributed by atoms with E-state index in [0.717, 1.165) is 21.3 Å². The molecule has 0 amide bonds. The maximum atomic E-state index is 11.6. The highest BCUT2D eigenvalue weighted by Gasteiger charge is 2.24. The molecule has 0 N–H and O–H groups in total. The summed E-state index contributed by atoms with van der Waals surface area (Å²) in [4.78, 5) is 11.6. The van der Waals surface area contributed by atoms with Crippen molar-refractivity contribution in [1.29, 1.82) is 0 Å². The first-order valence-electron chi connectivity index (χ1n) is 6.74. The Hall–Kier alpha value is -2.53. The fraction of sp³-hybridized carbons (Fsp3) is 0.0588. The molecule has 0 unspecified atom stereocenters. The van der Waals surface area contributed by atoms with Gasteiger partial charge in [-0.15, -0.1) is 0 Å². The highest BCUT2D eigenvalue weighted by atomic mass is 32.2. The molecule has 110 valence electrons. The van der Waals surface area contributed by atoms with Gasteiger partial charge in [-0.05, 0) is 23.9 Å². The third-order valence-corrected chi connectivity index (χ3v) is 4.08. The van der Waals surface area contributed by atoms with Crippen molar-refractivity contribution in [3.8, 4) is 0 Å². The molecular formula is C17H14N2O2S. The molecule has 5 heteroatoms. The average Bonchev–Trinajstić information content (AvgIpc) is 3.00. The Bertz CT molecular complexity index is 727. The van der Waals surface area contributed by atoms with Crippen molar-refractivity contribution >= 4 is 28.5 Å². The minimum Gasteiger partial charge on any atom is -0.466 e. The van der Waals surface area contributed by atoms with Gasteiger partial charge in [-0.1, -0.05) is 48.5 Å². The Morgan fingerprint density at radius 3 is 2.36 bits per heavy atom. The van der Waals surface area contributed by atoms with Crippen LogP contribution in [0.15, 0.2) is 76.9 Å². The summed E-state index contributed by atoms with van der Waals surface area (Å²) in [6, 6.07) is 19.6. The van der Waals surface area contributed by atoms with Crippen LogP contribution in [0.5, 0.6) is 0 Å². The SMILES string of the molecule is COC(=O)/C=C1\SC(c2ccccc2)=NN1c1ccccc1. The predicted molar refractivity (Wildman–Crippen MR) is 89.6 cm³/mol. The summed E-state index contributed by atoms with van der Waals surface area (Å²) in [7, 11) is 1.37. The van der Waals surface area contributed by atoms with Crippen molar-refractivity contribution in [1.82, 2.24) is 0 Å². The molecule has 0 bridgehead atoms. The van der Waals surface area contributed by atoms with Crippen LogP contribution < -0.4 is 5.01 Å². The third kappa shape index (κ3) is 3.04. The zero-order chi connectivity index (χ0) is 15.4. The first-order chi connectivity index (χ1) is 10.8. The zero-order valence-corrected chi connectivity index (χ0v) is 12.8. The summed E-state index contributed by atoms with van der Waals surface area (Å²) in [6.45, 7) is 0. The summed E-state index contributed by atoms with van der Waals surface area (Å²) >= 11 is 1.45. The Kier molecular flexibility index (Phi) is 4.25. The number of esters is 1. The number of ether oxygens (including phenoxy) is 1. The van der Waals surface area contributed by atoms with Crippen LogP contribution >= 0.6 is 11.8 Å². The second-order valence-electron chi connectivity index (χ2n) is 4.53. The van der Waals surface area contributed by atoms with E-state index in [1.54, 1.807) is 5.01 Å². The van der Waals surface area contributed by atoms with Gasteiger partial charge >= 0.3 is 5.97 Å². The van der Waals surface area contributed by atoms with Crippen LogP contribution in [0.1, 0.15) is 5.56 Å². The number of hydrogen-bond donors (Lipinski definition) is 0. The van der Waals surface area contributed by atoms with Gasteiger partial charge in [0.1, 0.15) is 10.1 Å². The Balaban J connectivity index is 1.99. The average molecular weight is 310 g/mol. The lowest BCUT2D eigenvalue weighted by atomic mass is 10.2. The smallest absolute Gasteiger partial charge is 0.333 e. The molecule has 3 rings (SSSR count). The third-order valence-electron chi connectivity index (χ3n) is 3.06. The number of thioether (sulfide) groups is 1. The molecule has 0 radical (unpaired) electrons. The fourth-order valence-electron chi connectivity index (χ4n) is 2.00. The number of hydrazone groups is 1. The van der Waals surface area contributed by atoms with Crippen LogP contribution in [0, 0.1) is 0 Å². The molecule has 22 heavy (non-hydrogen) atoms. The fourth-order valence-corrected chi connectivity index (χ4v) is 2.97. The lowest BCUT2D eigenvalue weighted by molar-refractivity contribution is -0.134. The van der Waals surface area contributed by atoms with Crippen LogP contribution in [-0.4, -0.2) is 18.1 Å². The van der Waals surface area contributed by atoms with E-state index in [1.165, 1.54) is 24.9 Å². The van der Waals surface area contributed by atoms with E-state index in [0.29, 0.717) is 0 Å². The number of carbonyl (C=O) groups is 1. The molecule has 1 aliphatic heterocycles. The number of methoxy groups -OCH3 is 1. The van der Waals surface area contributed by atoms with Crippen molar-refractivity contribution in [2.24, 2.45) is 5.10 Å². The van der Waals surface area contributed by atoms with Crippen LogP contribution in [0.25, 0.3) is 0 Å². The molecule has 0 spiro atoms. The van der Waals surface area contributed by atoms with Gasteiger partial charge in [0.25, 0.3) is 0 Å². The number of para-hydroxylation sites is 1. The number of nitrogens with zero attached hydrogens (tertiary/aromatic N) is 2. The quantitative estimate of drug-likeness (QED) is 0.641. The summed E-state index contributed by atoms with van der Waals surface area (Å²) in [6.07, 6.45) is 1.46. The molecule has 0 fully saturated rings. The second-order valence-corrected chi connectivity index (χ2v) is 5.54. The van der Waals surface area contributed by atoms with Gasteiger partial charge in [-0.2, -0.15) is 5.10 Å². The standard InChI is InChI=1S/C17H14N2O2S/c1-21-16(20)12-15-19(14-10-6-3-7-11-14)18-17(22-15)13-8-4-2-5-9-13/h2-12H,1H3/b15-12-. The monoisotopic (exact) mass is 310 g/mol. The number of rotatable bonds is 3. The highest BCUT2D eigenvalue weighted by Crippen LogP contribution is 2.36. The van der Waals surface area contributed by atoms with E-state index in [-0.39, 0.29) is 0 Å². The molecule has 1 aliphatic rings. The number of carbonyl (C=O) groups excluding carboxylic acids is 1. The van der Waals surface area contributed by atoms with Gasteiger partial charge < -0.3 is 4.74 Å². The van der Waals surface area contributed by atoms with Crippen LogP contribution in [0.2, 0.25) is 0 Å². The Morgan fingerprint density at radius 1 is 1.09 bits per heavy atom. The lowest BCUT2D eigenvalue weighted by Gasteiger charge is -2.14. The first-order valence-corrected chi connectivity index (χ1v) is 7.56. The Labute approximate surface area is 133 Å². The van der Waals surface area contributed by atoms with Crippen molar-refractivity contribution in [3.63, 3.8) is 0 Å². The van der Waals surface area contributed by atoms with Crippen molar-refractivity contribution in [2.45, 2.75) is 0 Å². The van der Waals surface area contributed by atoms with Gasteiger partial charge in [-0.25, -0.2) is 9.80 Å². The molecule has 0 atom stereocenters. The molecule has 0 saturated heterocycles. The van der Waals surface area contributed by atoms with Crippen LogP contribution in [0.3, 0.4) is 0 Å². The van der Waals surface area contributed by atoms with Gasteiger partial charge in [0, 0.05) is 5.56 Å².